The number of aryl methyl sites for hydroxylation is 2. The van der Waals surface area contributed by atoms with Gasteiger partial charge < -0.3 is 0 Å². The molecule has 0 atom stereocenters. The minimum absolute atomic E-state index is 0.343. The number of nitro groups is 1. The average molecular weight is 363 g/mol. The molecular formula is C15H13N3O4S2. The third kappa shape index (κ3) is 3.67. The molecule has 0 fully saturated rings. The number of sulfonamides is 1. The largest absolute Gasteiger partial charge is 0.289 e. The number of thioether (sulfide) groups is 1. The standard InChI is InChI=1S/C15H13N3O4S2/c1-10-7-12(23-9-16)8-11(2)15(10)17-24(21,22)14-6-4-3-5-13(14)18(19)20/h3-8,17H,1-2H3. The van der Waals surface area contributed by atoms with Gasteiger partial charge in [0, 0.05) is 11.0 Å². The summed E-state index contributed by atoms with van der Waals surface area (Å²) in [6.07, 6.45) is 0. The Balaban J connectivity index is 2.48. The second-order valence-corrected chi connectivity index (χ2v) is 7.46. The van der Waals surface area contributed by atoms with Gasteiger partial charge in [0.15, 0.2) is 4.90 Å². The molecule has 0 aromatic heterocycles. The van der Waals surface area contributed by atoms with E-state index in [2.05, 4.69) is 4.72 Å². The van der Waals surface area contributed by atoms with Gasteiger partial charge in [-0.15, -0.1) is 0 Å². The van der Waals surface area contributed by atoms with E-state index in [-0.39, 0.29) is 0 Å². The second kappa shape index (κ2) is 6.90. The molecule has 124 valence electrons. The van der Waals surface area contributed by atoms with Crippen molar-refractivity contribution in [2.45, 2.75) is 23.6 Å². The van der Waals surface area contributed by atoms with Crippen molar-refractivity contribution in [3.8, 4) is 5.40 Å². The average Bonchev–Trinajstić information content (AvgIpc) is 2.51. The Hall–Kier alpha value is -2.57. The van der Waals surface area contributed by atoms with Crippen molar-refractivity contribution in [1.82, 2.24) is 0 Å². The first-order valence-electron chi connectivity index (χ1n) is 6.69. The van der Waals surface area contributed by atoms with E-state index >= 15 is 0 Å². The fourth-order valence-electron chi connectivity index (χ4n) is 2.22. The molecule has 0 aliphatic rings. The molecule has 1 N–H and O–H groups in total. The van der Waals surface area contributed by atoms with Gasteiger partial charge in [-0.1, -0.05) is 12.1 Å². The lowest BCUT2D eigenvalue weighted by Crippen LogP contribution is -2.16. The molecule has 2 aromatic rings. The highest BCUT2D eigenvalue weighted by Crippen LogP contribution is 2.31. The summed E-state index contributed by atoms with van der Waals surface area (Å²) >= 11 is 0.972. The second-order valence-electron chi connectivity index (χ2n) is 4.96. The number of benzene rings is 2. The van der Waals surface area contributed by atoms with E-state index in [0.29, 0.717) is 21.7 Å². The van der Waals surface area contributed by atoms with Crippen molar-refractivity contribution in [2.24, 2.45) is 0 Å². The van der Waals surface area contributed by atoms with Crippen LogP contribution in [0.5, 0.6) is 0 Å². The number of hydrogen-bond donors (Lipinski definition) is 1. The zero-order chi connectivity index (χ0) is 17.9. The number of nitriles is 1. The Bertz CT molecular complexity index is 926. The molecule has 0 heterocycles. The molecule has 0 aliphatic heterocycles. The monoisotopic (exact) mass is 363 g/mol. The summed E-state index contributed by atoms with van der Waals surface area (Å²) in [5, 5.41) is 21.7. The molecular weight excluding hydrogens is 350 g/mol. The Labute approximate surface area is 143 Å². The van der Waals surface area contributed by atoms with Crippen LogP contribution < -0.4 is 4.72 Å². The van der Waals surface area contributed by atoms with Crippen LogP contribution in [0.1, 0.15) is 11.1 Å². The Morgan fingerprint density at radius 1 is 1.21 bits per heavy atom. The third-order valence-corrected chi connectivity index (χ3v) is 5.22. The highest BCUT2D eigenvalue weighted by molar-refractivity contribution is 8.03. The predicted molar refractivity (Wildman–Crippen MR) is 91.3 cm³/mol. The molecule has 2 rings (SSSR count). The normalized spacial score (nSPS) is 10.9. The lowest BCUT2D eigenvalue weighted by Gasteiger charge is -2.14. The molecule has 0 radical (unpaired) electrons. The first-order valence-corrected chi connectivity index (χ1v) is 8.99. The van der Waals surface area contributed by atoms with Crippen LogP contribution in [0.15, 0.2) is 46.2 Å². The van der Waals surface area contributed by atoms with Crippen LogP contribution in [0, 0.1) is 34.6 Å². The molecule has 0 saturated carbocycles. The lowest BCUT2D eigenvalue weighted by molar-refractivity contribution is -0.387. The van der Waals surface area contributed by atoms with Gasteiger partial charge in [-0.25, -0.2) is 8.42 Å². The molecule has 0 unspecified atom stereocenters. The van der Waals surface area contributed by atoms with Crippen molar-refractivity contribution in [3.05, 3.63) is 57.6 Å². The van der Waals surface area contributed by atoms with Gasteiger partial charge >= 0.3 is 0 Å². The lowest BCUT2D eigenvalue weighted by atomic mass is 10.1. The Morgan fingerprint density at radius 2 is 1.79 bits per heavy atom. The van der Waals surface area contributed by atoms with Gasteiger partial charge in [-0.05, 0) is 54.9 Å². The zero-order valence-electron chi connectivity index (χ0n) is 12.8. The molecule has 0 spiro atoms. The maximum atomic E-state index is 12.6. The number of thiocyanates is 1. The SMILES string of the molecule is Cc1cc(SC#N)cc(C)c1NS(=O)(=O)c1ccccc1[N+](=O)[O-]. The third-order valence-electron chi connectivity index (χ3n) is 3.26. The number of nitro benzene ring substituents is 1. The molecule has 0 amide bonds. The minimum Gasteiger partial charge on any atom is -0.279 e. The summed E-state index contributed by atoms with van der Waals surface area (Å²) in [6, 6.07) is 8.51. The van der Waals surface area contributed by atoms with Gasteiger partial charge in [0.05, 0.1) is 10.6 Å². The summed E-state index contributed by atoms with van der Waals surface area (Å²) in [7, 11) is -4.12. The predicted octanol–water partition coefficient (Wildman–Crippen LogP) is 3.59. The maximum absolute atomic E-state index is 12.6. The highest BCUT2D eigenvalue weighted by atomic mass is 32.2. The van der Waals surface area contributed by atoms with Crippen LogP contribution in [-0.2, 0) is 10.0 Å². The molecule has 2 aromatic carbocycles. The van der Waals surface area contributed by atoms with Crippen LogP contribution in [0.2, 0.25) is 0 Å². The van der Waals surface area contributed by atoms with Crippen molar-refractivity contribution >= 4 is 33.2 Å². The van der Waals surface area contributed by atoms with Crippen LogP contribution in [0.25, 0.3) is 0 Å². The van der Waals surface area contributed by atoms with Crippen molar-refractivity contribution in [3.63, 3.8) is 0 Å². The van der Waals surface area contributed by atoms with Crippen molar-refractivity contribution < 1.29 is 13.3 Å². The first-order chi connectivity index (χ1) is 11.3. The quantitative estimate of drug-likeness (QED) is 0.376. The topological polar surface area (TPSA) is 113 Å². The summed E-state index contributed by atoms with van der Waals surface area (Å²) in [4.78, 5) is 10.6. The minimum atomic E-state index is -4.12. The van der Waals surface area contributed by atoms with Crippen molar-refractivity contribution in [1.29, 1.82) is 5.26 Å². The molecule has 0 saturated heterocycles. The van der Waals surface area contributed by atoms with E-state index in [1.165, 1.54) is 18.2 Å². The van der Waals surface area contributed by atoms with Gasteiger partial charge in [-0.3, -0.25) is 14.8 Å². The number of nitrogens with one attached hydrogen (secondary N) is 1. The van der Waals surface area contributed by atoms with E-state index in [1.54, 1.807) is 26.0 Å². The highest BCUT2D eigenvalue weighted by Gasteiger charge is 2.26. The van der Waals surface area contributed by atoms with E-state index in [4.69, 9.17) is 5.26 Å². The molecule has 7 nitrogen and oxygen atoms in total. The van der Waals surface area contributed by atoms with E-state index in [0.717, 1.165) is 17.8 Å². The number of anilines is 1. The fraction of sp³-hybridized carbons (Fsp3) is 0.133. The molecule has 24 heavy (non-hydrogen) atoms. The van der Waals surface area contributed by atoms with Crippen molar-refractivity contribution in [2.75, 3.05) is 4.72 Å². The summed E-state index contributed by atoms with van der Waals surface area (Å²) < 4.78 is 27.5. The van der Waals surface area contributed by atoms with Gasteiger partial charge in [0.25, 0.3) is 15.7 Å². The fourth-order valence-corrected chi connectivity index (χ4v) is 4.17. The van der Waals surface area contributed by atoms with E-state index in [1.807, 2.05) is 5.40 Å². The summed E-state index contributed by atoms with van der Waals surface area (Å²) in [6.45, 7) is 3.40. The summed E-state index contributed by atoms with van der Waals surface area (Å²) in [5.74, 6) is 0. The van der Waals surface area contributed by atoms with Crippen LogP contribution in [0.4, 0.5) is 11.4 Å². The number of hydrogen-bond acceptors (Lipinski definition) is 6. The molecule has 0 aliphatic carbocycles. The van der Waals surface area contributed by atoms with E-state index in [9.17, 15) is 18.5 Å². The molecule has 0 bridgehead atoms. The number of rotatable bonds is 5. The first kappa shape index (κ1) is 17.8. The smallest absolute Gasteiger partial charge is 0.279 e. The summed E-state index contributed by atoms with van der Waals surface area (Å²) in [5.41, 5.74) is 1.09. The van der Waals surface area contributed by atoms with Gasteiger partial charge in [0.1, 0.15) is 5.40 Å². The van der Waals surface area contributed by atoms with Gasteiger partial charge in [0.2, 0.25) is 0 Å². The Kier molecular flexibility index (Phi) is 5.11. The zero-order valence-corrected chi connectivity index (χ0v) is 14.4. The van der Waals surface area contributed by atoms with Crippen LogP contribution >= 0.6 is 11.8 Å². The number of nitrogens with zero attached hydrogens (tertiary/aromatic N) is 2. The van der Waals surface area contributed by atoms with Gasteiger partial charge in [-0.2, -0.15) is 5.26 Å². The maximum Gasteiger partial charge on any atom is 0.289 e. The molecule has 9 heteroatoms. The van der Waals surface area contributed by atoms with Crippen LogP contribution in [-0.4, -0.2) is 13.3 Å². The van der Waals surface area contributed by atoms with Crippen LogP contribution in [0.3, 0.4) is 0 Å². The van der Waals surface area contributed by atoms with E-state index < -0.39 is 25.5 Å². The number of para-hydroxylation sites is 1. The Morgan fingerprint density at radius 3 is 2.33 bits per heavy atom.